The minimum atomic E-state index is -0.823. The lowest BCUT2D eigenvalue weighted by Crippen LogP contribution is -2.36. The summed E-state index contributed by atoms with van der Waals surface area (Å²) < 4.78 is 25.2. The van der Waals surface area contributed by atoms with Crippen LogP contribution in [-0.4, -0.2) is 36.4 Å². The van der Waals surface area contributed by atoms with E-state index in [0.29, 0.717) is 32.0 Å². The number of rotatable bonds is 3. The van der Waals surface area contributed by atoms with Crippen molar-refractivity contribution in [2.75, 3.05) is 31.2 Å². The first-order valence-corrected chi connectivity index (χ1v) is 8.97. The molecule has 1 N–H and O–H groups in total. The van der Waals surface area contributed by atoms with E-state index in [1.165, 1.54) is 18.3 Å². The van der Waals surface area contributed by atoms with Crippen molar-refractivity contribution in [3.8, 4) is 16.9 Å². The molecule has 0 atom stereocenters. The Morgan fingerprint density at radius 3 is 2.79 bits per heavy atom. The first-order valence-electron chi connectivity index (χ1n) is 8.59. The summed E-state index contributed by atoms with van der Waals surface area (Å²) in [4.78, 5) is 18.6. The van der Waals surface area contributed by atoms with Gasteiger partial charge in [0.15, 0.2) is 11.3 Å². The Morgan fingerprint density at radius 1 is 1.32 bits per heavy atom. The summed E-state index contributed by atoms with van der Waals surface area (Å²) in [6, 6.07) is 6.11. The number of hydrogen-bond donors (Lipinski definition) is 1. The fourth-order valence-corrected chi connectivity index (χ4v) is 3.60. The molecular formula is C20H16ClFN2O4. The lowest BCUT2D eigenvalue weighted by Gasteiger charge is -2.31. The van der Waals surface area contributed by atoms with Crippen LogP contribution in [0.2, 0.25) is 5.02 Å². The SMILES string of the molecule is C=C(F)c1c(-c2c(O)c3ncccc3oc2=O)cc(Cl)cc1N1CCOCC1. The third-order valence-corrected chi connectivity index (χ3v) is 4.83. The lowest BCUT2D eigenvalue weighted by molar-refractivity contribution is 0.122. The highest BCUT2D eigenvalue weighted by molar-refractivity contribution is 6.31. The van der Waals surface area contributed by atoms with Crippen LogP contribution in [0.4, 0.5) is 10.1 Å². The third kappa shape index (κ3) is 3.12. The summed E-state index contributed by atoms with van der Waals surface area (Å²) in [5.41, 5.74) is -0.166. The average molecular weight is 403 g/mol. The van der Waals surface area contributed by atoms with Gasteiger partial charge in [0.25, 0.3) is 0 Å². The molecule has 1 aliphatic rings. The van der Waals surface area contributed by atoms with Crippen molar-refractivity contribution in [2.45, 2.75) is 0 Å². The molecule has 28 heavy (non-hydrogen) atoms. The van der Waals surface area contributed by atoms with Crippen LogP contribution in [0.5, 0.6) is 5.75 Å². The van der Waals surface area contributed by atoms with E-state index in [-0.39, 0.29) is 32.8 Å². The number of ether oxygens (including phenoxy) is 1. The molecule has 3 heterocycles. The Kier molecular flexibility index (Phi) is 4.78. The van der Waals surface area contributed by atoms with Gasteiger partial charge >= 0.3 is 5.63 Å². The van der Waals surface area contributed by atoms with Crippen molar-refractivity contribution >= 4 is 34.2 Å². The van der Waals surface area contributed by atoms with E-state index in [9.17, 15) is 14.3 Å². The number of morpholine rings is 1. The Morgan fingerprint density at radius 2 is 2.07 bits per heavy atom. The minimum absolute atomic E-state index is 0.0733. The molecule has 1 fully saturated rings. The molecule has 2 aromatic heterocycles. The maximum absolute atomic E-state index is 14.6. The molecule has 6 nitrogen and oxygen atoms in total. The highest BCUT2D eigenvalue weighted by atomic mass is 35.5. The summed E-state index contributed by atoms with van der Waals surface area (Å²) >= 11 is 6.28. The molecule has 1 aliphatic heterocycles. The van der Waals surface area contributed by atoms with Gasteiger partial charge in [-0.25, -0.2) is 14.2 Å². The summed E-state index contributed by atoms with van der Waals surface area (Å²) in [5.74, 6) is -1.15. The average Bonchev–Trinajstić information content (AvgIpc) is 2.68. The standard InChI is InChI=1S/C20H16ClFN2O4/c1-11(22)16-13(9-12(21)10-14(16)24-5-7-27-8-6-24)17-19(25)18-15(28-20(17)26)3-2-4-23-18/h2-4,9-10,25H,1,5-8H2. The van der Waals surface area contributed by atoms with Gasteiger partial charge in [-0.2, -0.15) is 0 Å². The van der Waals surface area contributed by atoms with E-state index >= 15 is 0 Å². The monoisotopic (exact) mass is 402 g/mol. The van der Waals surface area contributed by atoms with Gasteiger partial charge in [0.05, 0.1) is 13.2 Å². The van der Waals surface area contributed by atoms with Gasteiger partial charge in [-0.05, 0) is 24.3 Å². The number of halogens is 2. The summed E-state index contributed by atoms with van der Waals surface area (Å²) in [5, 5.41) is 11.0. The van der Waals surface area contributed by atoms with Crippen LogP contribution < -0.4 is 10.5 Å². The zero-order valence-electron chi connectivity index (χ0n) is 14.7. The van der Waals surface area contributed by atoms with E-state index < -0.39 is 17.2 Å². The highest BCUT2D eigenvalue weighted by Gasteiger charge is 2.26. The van der Waals surface area contributed by atoms with Gasteiger partial charge in [0.2, 0.25) is 0 Å². The number of benzene rings is 1. The van der Waals surface area contributed by atoms with Gasteiger partial charge in [-0.15, -0.1) is 0 Å². The minimum Gasteiger partial charge on any atom is -0.505 e. The summed E-state index contributed by atoms with van der Waals surface area (Å²) in [6.45, 7) is 5.44. The van der Waals surface area contributed by atoms with Crippen molar-refractivity contribution in [2.24, 2.45) is 0 Å². The zero-order valence-corrected chi connectivity index (χ0v) is 15.5. The molecule has 0 radical (unpaired) electrons. The largest absolute Gasteiger partial charge is 0.505 e. The van der Waals surface area contributed by atoms with E-state index in [1.807, 2.05) is 4.90 Å². The first kappa shape index (κ1) is 18.5. The maximum atomic E-state index is 14.6. The molecule has 0 aliphatic carbocycles. The number of fused-ring (bicyclic) bond motifs is 1. The van der Waals surface area contributed by atoms with Crippen molar-refractivity contribution in [3.05, 3.63) is 58.0 Å². The molecule has 4 rings (SSSR count). The number of hydrogen-bond acceptors (Lipinski definition) is 6. The second-order valence-electron chi connectivity index (χ2n) is 6.32. The smallest absolute Gasteiger partial charge is 0.348 e. The molecule has 8 heteroatoms. The normalized spacial score (nSPS) is 14.4. The molecule has 0 saturated carbocycles. The van der Waals surface area contributed by atoms with Crippen molar-refractivity contribution in [3.63, 3.8) is 0 Å². The van der Waals surface area contributed by atoms with Crippen LogP contribution in [0.1, 0.15) is 5.56 Å². The van der Waals surface area contributed by atoms with Crippen LogP contribution in [0.25, 0.3) is 28.1 Å². The second-order valence-corrected chi connectivity index (χ2v) is 6.75. The van der Waals surface area contributed by atoms with Gasteiger partial charge in [0, 0.05) is 41.1 Å². The van der Waals surface area contributed by atoms with E-state index in [1.54, 1.807) is 12.1 Å². The Labute approximate surface area is 164 Å². The molecular weight excluding hydrogens is 387 g/mol. The molecule has 0 amide bonds. The second kappa shape index (κ2) is 7.26. The number of aromatic nitrogens is 1. The van der Waals surface area contributed by atoms with Crippen LogP contribution in [0.3, 0.4) is 0 Å². The number of pyridine rings is 1. The molecule has 0 unspecified atom stereocenters. The maximum Gasteiger partial charge on any atom is 0.348 e. The van der Waals surface area contributed by atoms with Gasteiger partial charge < -0.3 is 19.2 Å². The molecule has 3 aromatic rings. The first-order chi connectivity index (χ1) is 13.5. The predicted molar refractivity (Wildman–Crippen MR) is 106 cm³/mol. The highest BCUT2D eigenvalue weighted by Crippen LogP contribution is 2.42. The fraction of sp³-hybridized carbons (Fsp3) is 0.200. The van der Waals surface area contributed by atoms with Crippen molar-refractivity contribution < 1.29 is 18.7 Å². The van der Waals surface area contributed by atoms with Gasteiger partial charge in [-0.1, -0.05) is 18.2 Å². The number of nitrogens with zero attached hydrogens (tertiary/aromatic N) is 2. The lowest BCUT2D eigenvalue weighted by atomic mass is 9.96. The van der Waals surface area contributed by atoms with Crippen molar-refractivity contribution in [1.29, 1.82) is 0 Å². The Balaban J connectivity index is 2.03. The molecule has 1 aromatic carbocycles. The van der Waals surface area contributed by atoms with Crippen LogP contribution >= 0.6 is 11.6 Å². The van der Waals surface area contributed by atoms with E-state index in [0.717, 1.165) is 0 Å². The topological polar surface area (TPSA) is 75.8 Å². The summed E-state index contributed by atoms with van der Waals surface area (Å²) in [7, 11) is 0. The molecule has 0 spiro atoms. The Hall–Kier alpha value is -2.90. The fourth-order valence-electron chi connectivity index (χ4n) is 3.38. The number of aromatic hydroxyl groups is 1. The van der Waals surface area contributed by atoms with E-state index in [4.69, 9.17) is 20.8 Å². The molecule has 144 valence electrons. The third-order valence-electron chi connectivity index (χ3n) is 4.61. The van der Waals surface area contributed by atoms with Crippen molar-refractivity contribution in [1.82, 2.24) is 4.98 Å². The quantitative estimate of drug-likeness (QED) is 0.714. The van der Waals surface area contributed by atoms with Gasteiger partial charge in [0.1, 0.15) is 16.9 Å². The zero-order chi connectivity index (χ0) is 19.8. The van der Waals surface area contributed by atoms with Crippen LogP contribution in [0.15, 0.2) is 46.3 Å². The van der Waals surface area contributed by atoms with Gasteiger partial charge in [-0.3, -0.25) is 0 Å². The summed E-state index contributed by atoms with van der Waals surface area (Å²) in [6.07, 6.45) is 1.46. The van der Waals surface area contributed by atoms with Crippen LogP contribution in [-0.2, 0) is 4.74 Å². The molecule has 1 saturated heterocycles. The molecule has 0 bridgehead atoms. The number of anilines is 1. The van der Waals surface area contributed by atoms with E-state index in [2.05, 4.69) is 11.6 Å². The van der Waals surface area contributed by atoms with Crippen LogP contribution in [0, 0.1) is 0 Å². The predicted octanol–water partition coefficient (Wildman–Crippen LogP) is 3.99. The Bertz CT molecular complexity index is 1140.